The lowest BCUT2D eigenvalue weighted by atomic mass is 10.1. The summed E-state index contributed by atoms with van der Waals surface area (Å²) in [5, 5.41) is 26.1. The first-order valence-corrected chi connectivity index (χ1v) is 4.62. The Labute approximate surface area is 86.0 Å². The van der Waals surface area contributed by atoms with Crippen molar-refractivity contribution in [3.05, 3.63) is 23.0 Å². The molecule has 0 amide bonds. The highest BCUT2D eigenvalue weighted by molar-refractivity contribution is 7.80. The van der Waals surface area contributed by atoms with E-state index in [2.05, 4.69) is 22.8 Å². The molecule has 0 aliphatic heterocycles. The van der Waals surface area contributed by atoms with Crippen LogP contribution < -0.4 is 0 Å². The first-order chi connectivity index (χ1) is 6.15. The highest BCUT2D eigenvalue weighted by Crippen LogP contribution is 2.15. The van der Waals surface area contributed by atoms with E-state index in [-0.39, 0.29) is 16.6 Å². The van der Waals surface area contributed by atoms with Gasteiger partial charge in [-0.25, -0.2) is 0 Å². The topological polar surface area (TPSA) is 66.2 Å². The Bertz CT molecular complexity index is 270. The monoisotopic (exact) mass is 220 g/mol. The smallest absolute Gasteiger partial charge is 0.151 e. The summed E-state index contributed by atoms with van der Waals surface area (Å²) in [6.07, 6.45) is -2.01. The molecule has 1 rings (SSSR count). The van der Waals surface area contributed by atoms with Crippen molar-refractivity contribution in [2.24, 2.45) is 0 Å². The van der Waals surface area contributed by atoms with Gasteiger partial charge in [0.05, 0.1) is 11.8 Å². The van der Waals surface area contributed by atoms with Gasteiger partial charge < -0.3 is 10.2 Å². The van der Waals surface area contributed by atoms with E-state index < -0.39 is 12.2 Å². The molecule has 0 spiro atoms. The Balaban J connectivity index is 2.77. The summed E-state index contributed by atoms with van der Waals surface area (Å²) in [6, 6.07) is 3.00. The molecule has 1 aromatic heterocycles. The minimum atomic E-state index is -1.07. The van der Waals surface area contributed by atoms with E-state index >= 15 is 0 Å². The average Bonchev–Trinajstić information content (AvgIpc) is 2.17. The zero-order valence-corrected chi connectivity index (χ0v) is 8.28. The maximum absolute atomic E-state index is 9.44. The van der Waals surface area contributed by atoms with E-state index in [0.29, 0.717) is 0 Å². The molecule has 0 aliphatic rings. The lowest BCUT2D eigenvalue weighted by molar-refractivity contribution is 0.0304. The van der Waals surface area contributed by atoms with Gasteiger partial charge in [0.2, 0.25) is 0 Å². The molecule has 1 aromatic rings. The van der Waals surface area contributed by atoms with Crippen molar-refractivity contribution < 1.29 is 10.2 Å². The Morgan fingerprint density at radius 2 is 2.08 bits per heavy atom. The molecule has 2 N–H and O–H groups in total. The van der Waals surface area contributed by atoms with Crippen LogP contribution in [-0.2, 0) is 0 Å². The number of aliphatic hydroxyl groups is 2. The second kappa shape index (κ2) is 4.76. The molecule has 0 aliphatic carbocycles. The van der Waals surface area contributed by atoms with Gasteiger partial charge in [-0.15, -0.1) is 5.10 Å². The minimum absolute atomic E-state index is 0.158. The molecular weight excluding hydrogens is 212 g/mol. The SMILES string of the molecule is OC(CS)C(O)c1ccc(Cl)nn1. The first-order valence-electron chi connectivity index (χ1n) is 3.61. The number of thiol groups is 1. The van der Waals surface area contributed by atoms with Gasteiger partial charge in [0.25, 0.3) is 0 Å². The fourth-order valence-electron chi connectivity index (χ4n) is 0.781. The molecule has 0 fully saturated rings. The first kappa shape index (κ1) is 10.7. The van der Waals surface area contributed by atoms with Crippen LogP contribution in [0.3, 0.4) is 0 Å². The number of rotatable bonds is 3. The van der Waals surface area contributed by atoms with Crippen molar-refractivity contribution in [1.29, 1.82) is 0 Å². The molecule has 72 valence electrons. The van der Waals surface area contributed by atoms with Crippen molar-refractivity contribution in [1.82, 2.24) is 10.2 Å². The Morgan fingerprint density at radius 1 is 1.38 bits per heavy atom. The highest BCUT2D eigenvalue weighted by atomic mass is 35.5. The largest absolute Gasteiger partial charge is 0.389 e. The second-order valence-corrected chi connectivity index (χ2v) is 3.23. The third-order valence-corrected chi connectivity index (χ3v) is 2.08. The van der Waals surface area contributed by atoms with Crippen molar-refractivity contribution in [3.63, 3.8) is 0 Å². The van der Waals surface area contributed by atoms with Crippen LogP contribution in [0.1, 0.15) is 11.8 Å². The average molecular weight is 221 g/mol. The van der Waals surface area contributed by atoms with Gasteiger partial charge in [0.15, 0.2) is 5.15 Å². The summed E-state index contributed by atoms with van der Waals surface area (Å²) in [5.41, 5.74) is 0.283. The van der Waals surface area contributed by atoms with Crippen molar-refractivity contribution >= 4 is 24.2 Å². The van der Waals surface area contributed by atoms with Crippen LogP contribution in [0.25, 0.3) is 0 Å². The maximum atomic E-state index is 9.44. The summed E-state index contributed by atoms with van der Waals surface area (Å²) < 4.78 is 0. The summed E-state index contributed by atoms with van der Waals surface area (Å²) in [5.74, 6) is 0.158. The highest BCUT2D eigenvalue weighted by Gasteiger charge is 2.18. The lowest BCUT2D eigenvalue weighted by Gasteiger charge is -2.13. The zero-order valence-electron chi connectivity index (χ0n) is 6.63. The fourth-order valence-corrected chi connectivity index (χ4v) is 1.08. The van der Waals surface area contributed by atoms with Crippen LogP contribution in [0.15, 0.2) is 12.1 Å². The molecular formula is C7H9ClN2O2S. The molecule has 0 saturated carbocycles. The van der Waals surface area contributed by atoms with Gasteiger partial charge in [-0.1, -0.05) is 11.6 Å². The molecule has 4 nitrogen and oxygen atoms in total. The molecule has 1 heterocycles. The molecule has 0 bridgehead atoms. The van der Waals surface area contributed by atoms with Gasteiger partial charge >= 0.3 is 0 Å². The maximum Gasteiger partial charge on any atom is 0.151 e. The summed E-state index contributed by atoms with van der Waals surface area (Å²) in [7, 11) is 0. The molecule has 13 heavy (non-hydrogen) atoms. The van der Waals surface area contributed by atoms with Crippen LogP contribution in [-0.4, -0.2) is 32.3 Å². The van der Waals surface area contributed by atoms with Crippen molar-refractivity contribution in [3.8, 4) is 0 Å². The van der Waals surface area contributed by atoms with Gasteiger partial charge in [-0.05, 0) is 12.1 Å². The normalized spacial score (nSPS) is 15.4. The number of nitrogens with zero attached hydrogens (tertiary/aromatic N) is 2. The zero-order chi connectivity index (χ0) is 9.84. The van der Waals surface area contributed by atoms with Crippen LogP contribution in [0.4, 0.5) is 0 Å². The third kappa shape index (κ3) is 2.80. The van der Waals surface area contributed by atoms with Gasteiger partial charge in [0.1, 0.15) is 6.10 Å². The van der Waals surface area contributed by atoms with E-state index in [0.717, 1.165) is 0 Å². The number of hydrogen-bond acceptors (Lipinski definition) is 5. The van der Waals surface area contributed by atoms with Crippen molar-refractivity contribution in [2.45, 2.75) is 12.2 Å². The van der Waals surface area contributed by atoms with Crippen LogP contribution in [0.2, 0.25) is 5.15 Å². The Kier molecular flexibility index (Phi) is 3.92. The molecule has 0 radical (unpaired) electrons. The molecule has 0 saturated heterocycles. The van der Waals surface area contributed by atoms with E-state index in [4.69, 9.17) is 11.6 Å². The quantitative estimate of drug-likeness (QED) is 0.648. The standard InChI is InChI=1S/C7H9ClN2O2S/c8-6-2-1-4(9-10-6)7(12)5(11)3-13/h1-2,5,7,11-13H,3H2. The fraction of sp³-hybridized carbons (Fsp3) is 0.429. The number of hydrogen-bond donors (Lipinski definition) is 3. The second-order valence-electron chi connectivity index (χ2n) is 2.48. The molecule has 2 unspecified atom stereocenters. The molecule has 6 heteroatoms. The number of aromatic nitrogens is 2. The van der Waals surface area contributed by atoms with Crippen LogP contribution in [0.5, 0.6) is 0 Å². The predicted octanol–water partition coefficient (Wildman–Crippen LogP) is 0.454. The summed E-state index contributed by atoms with van der Waals surface area (Å²) >= 11 is 9.34. The number of aliphatic hydroxyl groups excluding tert-OH is 2. The molecule has 2 atom stereocenters. The van der Waals surface area contributed by atoms with Crippen LogP contribution >= 0.6 is 24.2 Å². The van der Waals surface area contributed by atoms with E-state index in [1.807, 2.05) is 0 Å². The Hall–Kier alpha value is -0.360. The summed E-state index contributed by atoms with van der Waals surface area (Å²) in [6.45, 7) is 0. The van der Waals surface area contributed by atoms with Gasteiger partial charge in [-0.3, -0.25) is 0 Å². The van der Waals surface area contributed by atoms with E-state index in [9.17, 15) is 10.2 Å². The Morgan fingerprint density at radius 3 is 2.54 bits per heavy atom. The molecule has 0 aromatic carbocycles. The predicted molar refractivity (Wildman–Crippen MR) is 51.9 cm³/mol. The van der Waals surface area contributed by atoms with E-state index in [1.54, 1.807) is 0 Å². The third-order valence-electron chi connectivity index (χ3n) is 1.51. The van der Waals surface area contributed by atoms with E-state index in [1.165, 1.54) is 12.1 Å². The lowest BCUT2D eigenvalue weighted by Crippen LogP contribution is -2.20. The van der Waals surface area contributed by atoms with Gasteiger partial charge in [0, 0.05) is 5.75 Å². The van der Waals surface area contributed by atoms with Crippen LogP contribution in [0, 0.1) is 0 Å². The summed E-state index contributed by atoms with van der Waals surface area (Å²) in [4.78, 5) is 0. The van der Waals surface area contributed by atoms with Crippen molar-refractivity contribution in [2.75, 3.05) is 5.75 Å². The minimum Gasteiger partial charge on any atom is -0.389 e. The van der Waals surface area contributed by atoms with Gasteiger partial charge in [-0.2, -0.15) is 17.7 Å². The number of halogens is 1.